The molecule has 0 amide bonds. The van der Waals surface area contributed by atoms with Gasteiger partial charge >= 0.3 is 0 Å². The maximum atomic E-state index is 13.3. The molecule has 1 N–H and O–H groups in total. The summed E-state index contributed by atoms with van der Waals surface area (Å²) in [5.74, 6) is -0.683. The summed E-state index contributed by atoms with van der Waals surface area (Å²) >= 11 is 8.48. The van der Waals surface area contributed by atoms with Crippen molar-refractivity contribution in [3.05, 3.63) is 46.0 Å². The molecule has 0 unspecified atom stereocenters. The minimum Gasteiger partial charge on any atom is -0.262 e. The molecule has 0 spiro atoms. The lowest BCUT2D eigenvalue weighted by molar-refractivity contribution is 0.593. The lowest BCUT2D eigenvalue weighted by atomic mass is 10.3. The van der Waals surface area contributed by atoms with Gasteiger partial charge in [0.15, 0.2) is 5.82 Å². The highest BCUT2D eigenvalue weighted by atomic mass is 79.9. The molecule has 2 rings (SSSR count). The van der Waals surface area contributed by atoms with Crippen molar-refractivity contribution < 1.29 is 12.8 Å². The molecule has 0 aliphatic rings. The highest BCUT2D eigenvalue weighted by Crippen LogP contribution is 2.21. The average molecular weight is 367 g/mol. The predicted molar refractivity (Wildman–Crippen MR) is 72.0 cm³/mol. The minimum atomic E-state index is -3.92. The fourth-order valence-corrected chi connectivity index (χ4v) is 2.55. The van der Waals surface area contributed by atoms with Gasteiger partial charge in [-0.2, -0.15) is 0 Å². The van der Waals surface area contributed by atoms with E-state index in [0.717, 1.165) is 12.3 Å². The van der Waals surface area contributed by atoms with Crippen LogP contribution in [0.4, 0.5) is 10.2 Å². The summed E-state index contributed by atoms with van der Waals surface area (Å²) in [7, 11) is -3.92. The van der Waals surface area contributed by atoms with E-state index in [-0.39, 0.29) is 20.3 Å². The Labute approximate surface area is 122 Å². The number of sulfonamides is 1. The second kappa shape index (κ2) is 5.40. The molecule has 9 heteroatoms. The first kappa shape index (κ1) is 14.2. The Morgan fingerprint density at radius 2 is 2.00 bits per heavy atom. The molecule has 0 fully saturated rings. The van der Waals surface area contributed by atoms with Crippen LogP contribution in [0.5, 0.6) is 0 Å². The zero-order chi connectivity index (χ0) is 14.0. The fraction of sp³-hybridized carbons (Fsp3) is 0. The van der Waals surface area contributed by atoms with Gasteiger partial charge in [0.25, 0.3) is 10.0 Å². The van der Waals surface area contributed by atoms with Crippen LogP contribution in [0.2, 0.25) is 5.15 Å². The van der Waals surface area contributed by atoms with Crippen LogP contribution in [0.1, 0.15) is 0 Å². The van der Waals surface area contributed by atoms with Crippen LogP contribution in [-0.4, -0.2) is 18.4 Å². The molecule has 0 atom stereocenters. The van der Waals surface area contributed by atoms with Gasteiger partial charge in [0.05, 0.1) is 21.8 Å². The Morgan fingerprint density at radius 1 is 1.26 bits per heavy atom. The Bertz CT molecular complexity index is 709. The first-order chi connectivity index (χ1) is 8.88. The van der Waals surface area contributed by atoms with Gasteiger partial charge in [-0.25, -0.2) is 22.8 Å². The standard InChI is InChI=1S/C10H6BrClFN3O2S/c11-7-2-1-6(3-8(7)13)19(17,18)16-10-5-14-9(12)4-15-10/h1-5H,(H,15,16). The second-order valence-electron chi connectivity index (χ2n) is 3.41. The maximum Gasteiger partial charge on any atom is 0.263 e. The minimum absolute atomic E-state index is 0.00673. The number of benzene rings is 1. The molecular formula is C10H6BrClFN3O2S. The van der Waals surface area contributed by atoms with E-state index in [0.29, 0.717) is 0 Å². The fourth-order valence-electron chi connectivity index (χ4n) is 1.21. The Morgan fingerprint density at radius 3 is 2.58 bits per heavy atom. The first-order valence-electron chi connectivity index (χ1n) is 4.84. The number of nitrogens with one attached hydrogen (secondary N) is 1. The summed E-state index contributed by atoms with van der Waals surface area (Å²) in [5, 5.41) is 0.137. The third-order valence-corrected chi connectivity index (χ3v) is 4.25. The van der Waals surface area contributed by atoms with E-state index in [1.807, 2.05) is 0 Å². The topological polar surface area (TPSA) is 72.0 Å². The summed E-state index contributed by atoms with van der Waals surface area (Å²) < 4.78 is 39.6. The van der Waals surface area contributed by atoms with E-state index < -0.39 is 15.8 Å². The molecule has 0 radical (unpaired) electrons. The maximum absolute atomic E-state index is 13.3. The molecule has 0 saturated heterocycles. The molecular weight excluding hydrogens is 361 g/mol. The third kappa shape index (κ3) is 3.40. The van der Waals surface area contributed by atoms with Gasteiger partial charge in [0.2, 0.25) is 0 Å². The summed E-state index contributed by atoms with van der Waals surface area (Å²) in [5.41, 5.74) is 0. The molecule has 1 aromatic carbocycles. The van der Waals surface area contributed by atoms with Gasteiger partial charge in [-0.1, -0.05) is 11.6 Å². The smallest absolute Gasteiger partial charge is 0.262 e. The van der Waals surface area contributed by atoms with E-state index in [1.165, 1.54) is 18.3 Å². The van der Waals surface area contributed by atoms with Crippen molar-refractivity contribution in [1.82, 2.24) is 9.97 Å². The Hall–Kier alpha value is -1.25. The van der Waals surface area contributed by atoms with Crippen LogP contribution in [0, 0.1) is 5.82 Å². The zero-order valence-corrected chi connectivity index (χ0v) is 12.3. The Balaban J connectivity index is 2.32. The van der Waals surface area contributed by atoms with E-state index >= 15 is 0 Å². The molecule has 100 valence electrons. The summed E-state index contributed by atoms with van der Waals surface area (Å²) in [6, 6.07) is 3.46. The van der Waals surface area contributed by atoms with Crippen LogP contribution in [0.15, 0.2) is 40.0 Å². The van der Waals surface area contributed by atoms with Gasteiger partial charge in [-0.3, -0.25) is 4.72 Å². The zero-order valence-electron chi connectivity index (χ0n) is 9.14. The number of hydrogen-bond donors (Lipinski definition) is 1. The van der Waals surface area contributed by atoms with E-state index in [9.17, 15) is 12.8 Å². The van der Waals surface area contributed by atoms with Gasteiger partial charge in [-0.05, 0) is 34.1 Å². The number of aromatic nitrogens is 2. The van der Waals surface area contributed by atoms with Crippen LogP contribution in [-0.2, 0) is 10.0 Å². The molecule has 1 aromatic heterocycles. The second-order valence-corrected chi connectivity index (χ2v) is 6.33. The predicted octanol–water partition coefficient (Wildman–Crippen LogP) is 2.83. The van der Waals surface area contributed by atoms with Gasteiger partial charge in [0.1, 0.15) is 11.0 Å². The summed E-state index contributed by atoms with van der Waals surface area (Å²) in [4.78, 5) is 7.21. The van der Waals surface area contributed by atoms with Crippen molar-refractivity contribution in [2.45, 2.75) is 4.90 Å². The van der Waals surface area contributed by atoms with Crippen LogP contribution < -0.4 is 4.72 Å². The van der Waals surface area contributed by atoms with Crippen molar-refractivity contribution in [2.75, 3.05) is 4.72 Å². The summed E-state index contributed by atoms with van der Waals surface area (Å²) in [6.07, 6.45) is 2.36. The molecule has 19 heavy (non-hydrogen) atoms. The van der Waals surface area contributed by atoms with Crippen LogP contribution in [0.3, 0.4) is 0 Å². The van der Waals surface area contributed by atoms with E-state index in [4.69, 9.17) is 11.6 Å². The Kier molecular flexibility index (Phi) is 4.02. The first-order valence-corrected chi connectivity index (χ1v) is 7.49. The number of hydrogen-bond acceptors (Lipinski definition) is 4. The van der Waals surface area contributed by atoms with Crippen LogP contribution in [0.25, 0.3) is 0 Å². The molecule has 0 saturated carbocycles. The summed E-state index contributed by atoms with van der Waals surface area (Å²) in [6.45, 7) is 0. The third-order valence-electron chi connectivity index (χ3n) is 2.06. The lowest BCUT2D eigenvalue weighted by Gasteiger charge is -2.07. The van der Waals surface area contributed by atoms with E-state index in [2.05, 4.69) is 30.6 Å². The average Bonchev–Trinajstić information content (AvgIpc) is 2.35. The van der Waals surface area contributed by atoms with Crippen molar-refractivity contribution in [1.29, 1.82) is 0 Å². The van der Waals surface area contributed by atoms with Crippen LogP contribution >= 0.6 is 27.5 Å². The molecule has 1 heterocycles. The van der Waals surface area contributed by atoms with Crippen molar-refractivity contribution >= 4 is 43.4 Å². The lowest BCUT2D eigenvalue weighted by Crippen LogP contribution is -2.14. The van der Waals surface area contributed by atoms with E-state index in [1.54, 1.807) is 0 Å². The molecule has 0 bridgehead atoms. The number of rotatable bonds is 3. The molecule has 2 aromatic rings. The largest absolute Gasteiger partial charge is 0.263 e. The molecule has 5 nitrogen and oxygen atoms in total. The molecule has 0 aliphatic heterocycles. The number of anilines is 1. The SMILES string of the molecule is O=S(=O)(Nc1cnc(Cl)cn1)c1ccc(Br)c(F)c1. The van der Waals surface area contributed by atoms with Crippen molar-refractivity contribution in [3.8, 4) is 0 Å². The number of halogens is 3. The highest BCUT2D eigenvalue weighted by molar-refractivity contribution is 9.10. The number of nitrogens with zero attached hydrogens (tertiary/aromatic N) is 2. The van der Waals surface area contributed by atoms with Gasteiger partial charge in [0, 0.05) is 0 Å². The van der Waals surface area contributed by atoms with Gasteiger partial charge in [-0.15, -0.1) is 0 Å². The highest BCUT2D eigenvalue weighted by Gasteiger charge is 2.16. The quantitative estimate of drug-likeness (QED) is 0.906. The molecule has 0 aliphatic carbocycles. The van der Waals surface area contributed by atoms with Crippen molar-refractivity contribution in [2.24, 2.45) is 0 Å². The normalized spacial score (nSPS) is 11.3. The van der Waals surface area contributed by atoms with Gasteiger partial charge < -0.3 is 0 Å². The van der Waals surface area contributed by atoms with Crippen molar-refractivity contribution in [3.63, 3.8) is 0 Å². The monoisotopic (exact) mass is 365 g/mol.